The third-order valence-electron chi connectivity index (χ3n) is 4.49. The highest BCUT2D eigenvalue weighted by Crippen LogP contribution is 2.30. The fourth-order valence-electron chi connectivity index (χ4n) is 3.08. The zero-order chi connectivity index (χ0) is 19.2. The van der Waals surface area contributed by atoms with Gasteiger partial charge in [-0.05, 0) is 24.0 Å². The molecule has 1 N–H and O–H groups in total. The summed E-state index contributed by atoms with van der Waals surface area (Å²) in [5, 5.41) is 10.3. The Morgan fingerprint density at radius 3 is 2.46 bits per heavy atom. The van der Waals surface area contributed by atoms with Gasteiger partial charge in [-0.2, -0.15) is 0 Å². The second-order valence-corrected chi connectivity index (χ2v) is 7.70. The molecule has 0 unspecified atom stereocenters. The molecule has 0 radical (unpaired) electrons. The van der Waals surface area contributed by atoms with Crippen LogP contribution < -0.4 is 4.74 Å². The number of amides is 1. The minimum absolute atomic E-state index is 0.00896. The SMILES string of the molecule is CCOC(=O)N1CCN(C[C@@H](O)COc2ccccc2C(C)(C)C)CC1. The highest BCUT2D eigenvalue weighted by molar-refractivity contribution is 5.67. The summed E-state index contributed by atoms with van der Waals surface area (Å²) in [7, 11) is 0. The molecule has 0 aliphatic carbocycles. The Hall–Kier alpha value is -1.79. The number of β-amino-alcohol motifs (C(OH)–C–C–N with tert-alkyl or cyclic N) is 1. The summed E-state index contributed by atoms with van der Waals surface area (Å²) in [6.07, 6.45) is -0.827. The molecule has 0 spiro atoms. The van der Waals surface area contributed by atoms with Crippen LogP contribution >= 0.6 is 0 Å². The summed E-state index contributed by atoms with van der Waals surface area (Å²) in [4.78, 5) is 15.6. The first-order chi connectivity index (χ1) is 12.3. The number of hydrogen-bond donors (Lipinski definition) is 1. The predicted octanol–water partition coefficient (Wildman–Crippen LogP) is 2.50. The van der Waals surface area contributed by atoms with Gasteiger partial charge in [0.15, 0.2) is 0 Å². The van der Waals surface area contributed by atoms with Gasteiger partial charge in [0.1, 0.15) is 18.5 Å². The van der Waals surface area contributed by atoms with Gasteiger partial charge in [0.2, 0.25) is 0 Å². The summed E-state index contributed by atoms with van der Waals surface area (Å²) in [6.45, 7) is 12.1. The van der Waals surface area contributed by atoms with Crippen LogP contribution in [-0.4, -0.2) is 73.0 Å². The van der Waals surface area contributed by atoms with E-state index in [0.29, 0.717) is 26.2 Å². The van der Waals surface area contributed by atoms with Crippen LogP contribution in [-0.2, 0) is 10.2 Å². The number of ether oxygens (including phenoxy) is 2. The quantitative estimate of drug-likeness (QED) is 0.840. The van der Waals surface area contributed by atoms with Gasteiger partial charge in [-0.3, -0.25) is 4.90 Å². The van der Waals surface area contributed by atoms with E-state index in [1.54, 1.807) is 4.90 Å². The topological polar surface area (TPSA) is 62.2 Å². The first-order valence-corrected chi connectivity index (χ1v) is 9.35. The van der Waals surface area contributed by atoms with Crippen LogP contribution in [0.3, 0.4) is 0 Å². The van der Waals surface area contributed by atoms with Gasteiger partial charge in [-0.1, -0.05) is 39.0 Å². The maximum atomic E-state index is 11.7. The number of aliphatic hydroxyl groups is 1. The molecule has 2 rings (SSSR count). The molecule has 1 atom stereocenters. The van der Waals surface area contributed by atoms with Crippen molar-refractivity contribution < 1.29 is 19.4 Å². The van der Waals surface area contributed by atoms with E-state index in [4.69, 9.17) is 9.47 Å². The number of rotatable bonds is 6. The smallest absolute Gasteiger partial charge is 0.409 e. The van der Waals surface area contributed by atoms with Crippen LogP contribution in [0.4, 0.5) is 4.79 Å². The molecule has 0 aromatic heterocycles. The predicted molar refractivity (Wildman–Crippen MR) is 102 cm³/mol. The lowest BCUT2D eigenvalue weighted by atomic mass is 9.86. The van der Waals surface area contributed by atoms with Crippen molar-refractivity contribution >= 4 is 6.09 Å². The molecule has 1 aliphatic rings. The Balaban J connectivity index is 1.79. The summed E-state index contributed by atoms with van der Waals surface area (Å²) < 4.78 is 10.9. The number of para-hydroxylation sites is 1. The first-order valence-electron chi connectivity index (χ1n) is 9.35. The van der Waals surface area contributed by atoms with E-state index in [1.165, 1.54) is 0 Å². The normalized spacial score (nSPS) is 17.0. The van der Waals surface area contributed by atoms with Crippen LogP contribution in [0.1, 0.15) is 33.3 Å². The zero-order valence-corrected chi connectivity index (χ0v) is 16.4. The fourth-order valence-corrected chi connectivity index (χ4v) is 3.08. The largest absolute Gasteiger partial charge is 0.491 e. The number of hydrogen-bond acceptors (Lipinski definition) is 5. The second-order valence-electron chi connectivity index (χ2n) is 7.70. The molecule has 1 saturated heterocycles. The Morgan fingerprint density at radius 1 is 1.19 bits per heavy atom. The van der Waals surface area contributed by atoms with Crippen molar-refractivity contribution in [1.29, 1.82) is 0 Å². The van der Waals surface area contributed by atoms with Gasteiger partial charge in [0.25, 0.3) is 0 Å². The third kappa shape index (κ3) is 5.88. The third-order valence-corrected chi connectivity index (χ3v) is 4.49. The lowest BCUT2D eigenvalue weighted by molar-refractivity contribution is 0.0404. The van der Waals surface area contributed by atoms with Gasteiger partial charge in [0, 0.05) is 32.7 Å². The number of nitrogens with zero attached hydrogens (tertiary/aromatic N) is 2. The first kappa shape index (κ1) is 20.5. The number of aliphatic hydroxyl groups excluding tert-OH is 1. The number of piperazine rings is 1. The van der Waals surface area contributed by atoms with Crippen molar-refractivity contribution in [3.05, 3.63) is 29.8 Å². The van der Waals surface area contributed by atoms with E-state index in [0.717, 1.165) is 24.4 Å². The minimum Gasteiger partial charge on any atom is -0.491 e. The van der Waals surface area contributed by atoms with Gasteiger partial charge in [-0.15, -0.1) is 0 Å². The van der Waals surface area contributed by atoms with Gasteiger partial charge >= 0.3 is 6.09 Å². The van der Waals surface area contributed by atoms with E-state index in [9.17, 15) is 9.90 Å². The summed E-state index contributed by atoms with van der Waals surface area (Å²) in [5.41, 5.74) is 1.13. The van der Waals surface area contributed by atoms with E-state index in [2.05, 4.69) is 31.7 Å². The summed E-state index contributed by atoms with van der Waals surface area (Å²) >= 11 is 0. The van der Waals surface area contributed by atoms with Crippen molar-refractivity contribution in [3.8, 4) is 5.75 Å². The average molecular weight is 364 g/mol. The molecule has 0 saturated carbocycles. The average Bonchev–Trinajstić information content (AvgIpc) is 2.60. The fraction of sp³-hybridized carbons (Fsp3) is 0.650. The zero-order valence-electron chi connectivity index (χ0n) is 16.4. The monoisotopic (exact) mass is 364 g/mol. The Morgan fingerprint density at radius 2 is 1.85 bits per heavy atom. The highest BCUT2D eigenvalue weighted by atomic mass is 16.6. The molecular weight excluding hydrogens is 332 g/mol. The molecule has 1 aromatic rings. The molecule has 1 aliphatic heterocycles. The molecular formula is C20H32N2O4. The molecule has 6 nitrogen and oxygen atoms in total. The molecule has 26 heavy (non-hydrogen) atoms. The lowest BCUT2D eigenvalue weighted by Crippen LogP contribution is -2.51. The van der Waals surface area contributed by atoms with Crippen LogP contribution in [0, 0.1) is 0 Å². The number of benzene rings is 1. The Bertz CT molecular complexity index is 577. The molecule has 1 heterocycles. The van der Waals surface area contributed by atoms with Gasteiger partial charge in [0.05, 0.1) is 6.61 Å². The number of carbonyl (C=O) groups is 1. The van der Waals surface area contributed by atoms with Crippen molar-refractivity contribution in [3.63, 3.8) is 0 Å². The molecule has 6 heteroatoms. The molecule has 1 amide bonds. The van der Waals surface area contributed by atoms with Crippen molar-refractivity contribution in [1.82, 2.24) is 9.80 Å². The van der Waals surface area contributed by atoms with Crippen LogP contribution in [0.2, 0.25) is 0 Å². The van der Waals surface area contributed by atoms with Gasteiger partial charge in [-0.25, -0.2) is 4.79 Å². The number of carbonyl (C=O) groups excluding carboxylic acids is 1. The van der Waals surface area contributed by atoms with E-state index < -0.39 is 6.10 Å². The van der Waals surface area contributed by atoms with E-state index in [-0.39, 0.29) is 18.1 Å². The molecule has 1 fully saturated rings. The van der Waals surface area contributed by atoms with Crippen molar-refractivity contribution in [2.75, 3.05) is 45.9 Å². The summed E-state index contributed by atoms with van der Waals surface area (Å²) in [5.74, 6) is 0.825. The Kier molecular flexibility index (Phi) is 7.29. The van der Waals surface area contributed by atoms with Crippen LogP contribution in [0.15, 0.2) is 24.3 Å². The van der Waals surface area contributed by atoms with E-state index in [1.807, 2.05) is 25.1 Å². The standard InChI is InChI=1S/C20H32N2O4/c1-5-25-19(24)22-12-10-21(11-13-22)14-16(23)15-26-18-9-7-6-8-17(18)20(2,3)4/h6-9,16,23H,5,10-15H2,1-4H3/t16-/m1/s1. The van der Waals surface area contributed by atoms with Crippen LogP contribution in [0.5, 0.6) is 5.75 Å². The molecule has 146 valence electrons. The van der Waals surface area contributed by atoms with Gasteiger partial charge < -0.3 is 19.5 Å². The lowest BCUT2D eigenvalue weighted by Gasteiger charge is -2.35. The maximum Gasteiger partial charge on any atom is 0.409 e. The van der Waals surface area contributed by atoms with Crippen molar-refractivity contribution in [2.45, 2.75) is 39.2 Å². The highest BCUT2D eigenvalue weighted by Gasteiger charge is 2.24. The van der Waals surface area contributed by atoms with E-state index >= 15 is 0 Å². The second kappa shape index (κ2) is 9.24. The minimum atomic E-state index is -0.572. The Labute approximate surface area is 156 Å². The van der Waals surface area contributed by atoms with Crippen LogP contribution in [0.25, 0.3) is 0 Å². The summed E-state index contributed by atoms with van der Waals surface area (Å²) in [6, 6.07) is 7.97. The molecule has 1 aromatic carbocycles. The molecule has 0 bridgehead atoms. The maximum absolute atomic E-state index is 11.7. The van der Waals surface area contributed by atoms with Crippen molar-refractivity contribution in [2.24, 2.45) is 0 Å².